The van der Waals surface area contributed by atoms with Crippen LogP contribution in [0, 0.1) is 5.82 Å². The van der Waals surface area contributed by atoms with Crippen molar-refractivity contribution in [3.63, 3.8) is 0 Å². The topological polar surface area (TPSA) is 134 Å². The molecule has 0 radical (unpaired) electrons. The molecule has 4 bridgehead atoms. The number of nitrogens with one attached hydrogen (secondary N) is 4. The van der Waals surface area contributed by atoms with E-state index in [1.54, 1.807) is 31.5 Å². The van der Waals surface area contributed by atoms with E-state index in [4.69, 9.17) is 4.74 Å². The predicted molar refractivity (Wildman–Crippen MR) is 158 cm³/mol. The van der Waals surface area contributed by atoms with Crippen molar-refractivity contribution in [2.24, 2.45) is 0 Å². The third-order valence-electron chi connectivity index (χ3n) is 7.46. The highest BCUT2D eigenvalue weighted by molar-refractivity contribution is 7.89. The van der Waals surface area contributed by atoms with Crippen LogP contribution in [0.25, 0.3) is 11.1 Å². The SMILES string of the molecule is COc1cccc(C2(C(=O)Nc3ccc(-c4cnc5nc4NCCCNS(=O)(=O)c4cccc(c4)N5)cc3F)CC2)c1. The predicted octanol–water partition coefficient (Wildman–Crippen LogP) is 4.80. The quantitative estimate of drug-likeness (QED) is 0.261. The largest absolute Gasteiger partial charge is 0.497 e. The van der Waals surface area contributed by atoms with Crippen LogP contribution in [0.1, 0.15) is 24.8 Å². The Morgan fingerprint density at radius 2 is 1.88 bits per heavy atom. The van der Waals surface area contributed by atoms with Crippen molar-refractivity contribution in [2.45, 2.75) is 29.6 Å². The molecule has 0 atom stereocenters. The second kappa shape index (κ2) is 11.0. The Labute approximate surface area is 242 Å². The summed E-state index contributed by atoms with van der Waals surface area (Å²) < 4.78 is 48.5. The number of nitrogens with zero attached hydrogens (tertiary/aromatic N) is 2. The molecule has 0 unspecified atom stereocenters. The summed E-state index contributed by atoms with van der Waals surface area (Å²) in [7, 11) is -2.09. The van der Waals surface area contributed by atoms with Crippen LogP contribution in [0.15, 0.2) is 77.8 Å². The summed E-state index contributed by atoms with van der Waals surface area (Å²) in [6.07, 6.45) is 3.40. The molecule has 1 aliphatic heterocycles. The fourth-order valence-corrected chi connectivity index (χ4v) is 6.08. The maximum absolute atomic E-state index is 15.4. The van der Waals surface area contributed by atoms with Crippen molar-refractivity contribution in [1.29, 1.82) is 0 Å². The third-order valence-corrected chi connectivity index (χ3v) is 8.92. The van der Waals surface area contributed by atoms with E-state index in [1.807, 2.05) is 24.3 Å². The summed E-state index contributed by atoms with van der Waals surface area (Å²) in [5.74, 6) is 0.516. The summed E-state index contributed by atoms with van der Waals surface area (Å²) in [6.45, 7) is 0.632. The first-order valence-electron chi connectivity index (χ1n) is 13.5. The van der Waals surface area contributed by atoms with Gasteiger partial charge in [-0.2, -0.15) is 4.98 Å². The number of rotatable bonds is 5. The maximum atomic E-state index is 15.4. The highest BCUT2D eigenvalue weighted by Gasteiger charge is 2.51. The zero-order chi connectivity index (χ0) is 29.3. The molecule has 0 spiro atoms. The Morgan fingerprint density at radius 1 is 1.05 bits per heavy atom. The number of benzene rings is 3. The van der Waals surface area contributed by atoms with Gasteiger partial charge < -0.3 is 20.7 Å². The third kappa shape index (κ3) is 5.50. The Bertz CT molecular complexity index is 1780. The molecule has 0 saturated heterocycles. The normalized spacial score (nSPS) is 16.8. The monoisotopic (exact) mass is 588 g/mol. The average Bonchev–Trinajstić information content (AvgIpc) is 3.80. The first-order chi connectivity index (χ1) is 20.3. The molecule has 4 N–H and O–H groups in total. The zero-order valence-electron chi connectivity index (χ0n) is 22.8. The molecule has 4 aromatic rings. The van der Waals surface area contributed by atoms with Gasteiger partial charge in [0.15, 0.2) is 0 Å². The number of methoxy groups -OCH3 is 1. The van der Waals surface area contributed by atoms with E-state index in [-0.39, 0.29) is 29.0 Å². The Hall–Kier alpha value is -4.55. The average molecular weight is 589 g/mol. The van der Waals surface area contributed by atoms with Gasteiger partial charge in [0.25, 0.3) is 0 Å². The number of hydrogen-bond acceptors (Lipinski definition) is 8. The zero-order valence-corrected chi connectivity index (χ0v) is 23.6. The van der Waals surface area contributed by atoms with Crippen molar-refractivity contribution in [1.82, 2.24) is 14.7 Å². The van der Waals surface area contributed by atoms with Crippen molar-refractivity contribution >= 4 is 39.1 Å². The standard InChI is InChI=1S/C30H29FN6O4S/c1-41-22-7-2-5-20(16-22)30(11-12-30)28(38)36-26-10-9-19(15-25(26)31)24-18-33-29-35-21-6-3-8-23(17-21)42(39,40)34-14-4-13-32-27(24)37-29/h2-3,5-10,15-18,34H,4,11-14H2,1H3,(H,36,38)(H2,32,33,35,37). The first-order valence-corrected chi connectivity index (χ1v) is 15.0. The minimum atomic E-state index is -3.66. The van der Waals surface area contributed by atoms with E-state index >= 15 is 4.39 Å². The lowest BCUT2D eigenvalue weighted by atomic mass is 9.94. The molecule has 1 aliphatic carbocycles. The number of carbonyl (C=O) groups excluding carboxylic acids is 1. The number of fused-ring (bicyclic) bond motifs is 4. The first kappa shape index (κ1) is 27.6. The van der Waals surface area contributed by atoms with E-state index < -0.39 is 21.3 Å². The van der Waals surface area contributed by atoms with E-state index in [1.165, 1.54) is 24.3 Å². The second-order valence-corrected chi connectivity index (χ2v) is 12.0. The van der Waals surface area contributed by atoms with Gasteiger partial charge in [-0.15, -0.1) is 0 Å². The van der Waals surface area contributed by atoms with E-state index in [2.05, 4.69) is 30.6 Å². The maximum Gasteiger partial charge on any atom is 0.240 e. The molecule has 1 saturated carbocycles. The molecule has 216 valence electrons. The molecular formula is C30H29FN6O4S. The second-order valence-electron chi connectivity index (χ2n) is 10.2. The lowest BCUT2D eigenvalue weighted by Gasteiger charge is -2.17. The highest BCUT2D eigenvalue weighted by atomic mass is 32.2. The Morgan fingerprint density at radius 3 is 2.67 bits per heavy atom. The summed E-state index contributed by atoms with van der Waals surface area (Å²) in [6, 6.07) is 18.3. The minimum absolute atomic E-state index is 0.0807. The summed E-state index contributed by atoms with van der Waals surface area (Å²) in [5, 5.41) is 9.03. The van der Waals surface area contributed by atoms with Gasteiger partial charge in [-0.1, -0.05) is 24.3 Å². The molecule has 2 aliphatic rings. The summed E-state index contributed by atoms with van der Waals surface area (Å²) in [4.78, 5) is 22.4. The van der Waals surface area contributed by atoms with Gasteiger partial charge in [0.2, 0.25) is 21.9 Å². The van der Waals surface area contributed by atoms with Crippen molar-refractivity contribution < 1.29 is 22.3 Å². The molecule has 1 amide bonds. The Kier molecular flexibility index (Phi) is 7.25. The number of carbonyl (C=O) groups is 1. The molecule has 1 fully saturated rings. The van der Waals surface area contributed by atoms with Gasteiger partial charge in [-0.05, 0) is 72.9 Å². The smallest absolute Gasteiger partial charge is 0.240 e. The van der Waals surface area contributed by atoms with E-state index in [9.17, 15) is 13.2 Å². The van der Waals surface area contributed by atoms with Crippen molar-refractivity contribution in [2.75, 3.05) is 36.1 Å². The molecule has 10 nitrogen and oxygen atoms in total. The molecule has 1 aromatic heterocycles. The Balaban J connectivity index is 1.25. The van der Waals surface area contributed by atoms with Gasteiger partial charge in [-0.25, -0.2) is 22.5 Å². The van der Waals surface area contributed by atoms with Crippen molar-refractivity contribution in [3.8, 4) is 16.9 Å². The number of hydrogen-bond donors (Lipinski definition) is 4. The summed E-state index contributed by atoms with van der Waals surface area (Å²) in [5.41, 5.74) is 1.79. The van der Waals surface area contributed by atoms with E-state index in [0.717, 1.165) is 5.56 Å². The van der Waals surface area contributed by atoms with Crippen LogP contribution in [-0.4, -0.2) is 44.5 Å². The van der Waals surface area contributed by atoms with Crippen molar-refractivity contribution in [3.05, 3.63) is 84.3 Å². The number of ether oxygens (including phenoxy) is 1. The highest BCUT2D eigenvalue weighted by Crippen LogP contribution is 2.49. The number of sulfonamides is 1. The fraction of sp³-hybridized carbons (Fsp3) is 0.233. The van der Waals surface area contributed by atoms with Crippen LogP contribution in [0.3, 0.4) is 0 Å². The lowest BCUT2D eigenvalue weighted by Crippen LogP contribution is -2.28. The fourth-order valence-electron chi connectivity index (χ4n) is 4.96. The molecule has 3 aromatic carbocycles. The van der Waals surface area contributed by atoms with Gasteiger partial charge in [0, 0.05) is 30.5 Å². The van der Waals surface area contributed by atoms with Gasteiger partial charge in [-0.3, -0.25) is 4.79 Å². The number of anilines is 4. The van der Waals surface area contributed by atoms with Gasteiger partial charge in [0.05, 0.1) is 23.1 Å². The van der Waals surface area contributed by atoms with Crippen LogP contribution in [0.4, 0.5) is 27.5 Å². The molecule has 12 heteroatoms. The number of aromatic nitrogens is 2. The van der Waals surface area contributed by atoms with Crippen LogP contribution in [-0.2, 0) is 20.2 Å². The number of halogens is 1. The molecule has 2 heterocycles. The molecule has 42 heavy (non-hydrogen) atoms. The van der Waals surface area contributed by atoms with Gasteiger partial charge >= 0.3 is 0 Å². The minimum Gasteiger partial charge on any atom is -0.497 e. The van der Waals surface area contributed by atoms with Crippen LogP contribution in [0.2, 0.25) is 0 Å². The van der Waals surface area contributed by atoms with Crippen LogP contribution in [0.5, 0.6) is 5.75 Å². The molecular weight excluding hydrogens is 559 g/mol. The van der Waals surface area contributed by atoms with Crippen LogP contribution < -0.4 is 25.4 Å². The number of amides is 1. The van der Waals surface area contributed by atoms with E-state index in [0.29, 0.717) is 54.2 Å². The summed E-state index contributed by atoms with van der Waals surface area (Å²) >= 11 is 0. The molecule has 6 rings (SSSR count). The van der Waals surface area contributed by atoms with Crippen LogP contribution >= 0.6 is 0 Å². The lowest BCUT2D eigenvalue weighted by molar-refractivity contribution is -0.118. The van der Waals surface area contributed by atoms with Gasteiger partial charge in [0.1, 0.15) is 17.4 Å².